The molecule has 0 saturated heterocycles. The summed E-state index contributed by atoms with van der Waals surface area (Å²) in [4.78, 5) is 11.2. The number of Topliss-reactive ketones (excluding diaryl/α,β-unsaturated/α-hetero) is 1. The van der Waals surface area contributed by atoms with Crippen molar-refractivity contribution in [3.63, 3.8) is 0 Å². The van der Waals surface area contributed by atoms with E-state index < -0.39 is 0 Å². The fourth-order valence-corrected chi connectivity index (χ4v) is 1.95. The van der Waals surface area contributed by atoms with Crippen LogP contribution in [0, 0.1) is 0 Å². The van der Waals surface area contributed by atoms with E-state index >= 15 is 0 Å². The predicted octanol–water partition coefficient (Wildman–Crippen LogP) is 3.72. The highest BCUT2D eigenvalue weighted by molar-refractivity contribution is 9.13. The molecule has 4 heteroatoms. The molecule has 0 atom stereocenters. The van der Waals surface area contributed by atoms with Crippen molar-refractivity contribution in [1.29, 1.82) is 0 Å². The average Bonchev–Trinajstić information content (AvgIpc) is 2.13. The normalized spacial score (nSPS) is 10.1. The van der Waals surface area contributed by atoms with Gasteiger partial charge < -0.3 is 0 Å². The number of carbonyl (C=O) groups excluding carboxylic acids is 1. The Morgan fingerprint density at radius 3 is 2.62 bits per heavy atom. The molecule has 1 nitrogen and oxygen atoms in total. The summed E-state index contributed by atoms with van der Waals surface area (Å²) >= 11 is 9.95. The second-order valence-corrected chi connectivity index (χ2v) is 4.77. The topological polar surface area (TPSA) is 17.1 Å². The minimum absolute atomic E-state index is 0.179. The standard InChI is InChI=1S/C9H7Br3O/c10-5-7(13)4-6-2-1-3-8(11)9(6)12/h1-3H,4-5H2. The number of ketones is 1. The third-order valence-electron chi connectivity index (χ3n) is 1.57. The van der Waals surface area contributed by atoms with Gasteiger partial charge in [0.1, 0.15) is 5.78 Å². The molecule has 13 heavy (non-hydrogen) atoms. The van der Waals surface area contributed by atoms with Crippen LogP contribution in [0.1, 0.15) is 5.56 Å². The molecule has 0 fully saturated rings. The molecule has 0 aliphatic rings. The zero-order valence-corrected chi connectivity index (χ0v) is 11.4. The molecular formula is C9H7Br3O. The Bertz CT molecular complexity index is 323. The lowest BCUT2D eigenvalue weighted by molar-refractivity contribution is -0.115. The molecule has 0 bridgehead atoms. The summed E-state index contributed by atoms with van der Waals surface area (Å²) in [6, 6.07) is 5.80. The lowest BCUT2D eigenvalue weighted by Crippen LogP contribution is -2.03. The Morgan fingerprint density at radius 2 is 2.00 bits per heavy atom. The summed E-state index contributed by atoms with van der Waals surface area (Å²) in [5, 5.41) is 0.409. The maximum absolute atomic E-state index is 11.2. The molecule has 0 amide bonds. The highest BCUT2D eigenvalue weighted by Crippen LogP contribution is 2.26. The molecule has 0 aromatic heterocycles. The Labute approximate surface area is 102 Å². The largest absolute Gasteiger partial charge is 0.298 e. The third kappa shape index (κ3) is 3.18. The van der Waals surface area contributed by atoms with E-state index in [-0.39, 0.29) is 5.78 Å². The number of hydrogen-bond donors (Lipinski definition) is 0. The highest BCUT2D eigenvalue weighted by Gasteiger charge is 2.07. The van der Waals surface area contributed by atoms with Crippen LogP contribution in [-0.4, -0.2) is 11.1 Å². The van der Waals surface area contributed by atoms with Crippen LogP contribution in [-0.2, 0) is 11.2 Å². The molecule has 70 valence electrons. The maximum atomic E-state index is 11.2. The van der Waals surface area contributed by atoms with Crippen LogP contribution in [0.25, 0.3) is 0 Å². The first kappa shape index (κ1) is 11.4. The first-order valence-corrected chi connectivity index (χ1v) is 6.36. The van der Waals surface area contributed by atoms with Crippen LogP contribution >= 0.6 is 47.8 Å². The molecule has 0 saturated carbocycles. The Kier molecular flexibility index (Phi) is 4.62. The summed E-state index contributed by atoms with van der Waals surface area (Å²) < 4.78 is 1.94. The quantitative estimate of drug-likeness (QED) is 0.741. The van der Waals surface area contributed by atoms with Crippen molar-refractivity contribution in [3.05, 3.63) is 32.7 Å². The van der Waals surface area contributed by atoms with Crippen LogP contribution in [0.15, 0.2) is 27.1 Å². The van der Waals surface area contributed by atoms with Gasteiger partial charge in [0.05, 0.1) is 5.33 Å². The van der Waals surface area contributed by atoms with E-state index in [1.54, 1.807) is 0 Å². The van der Waals surface area contributed by atoms with Gasteiger partial charge in [0, 0.05) is 15.4 Å². The summed E-state index contributed by atoms with van der Waals surface area (Å²) in [5.41, 5.74) is 1.01. The Morgan fingerprint density at radius 1 is 1.31 bits per heavy atom. The summed E-state index contributed by atoms with van der Waals surface area (Å²) in [5.74, 6) is 0.179. The predicted molar refractivity (Wildman–Crippen MR) is 64.3 cm³/mol. The van der Waals surface area contributed by atoms with Gasteiger partial charge in [0.25, 0.3) is 0 Å². The minimum Gasteiger partial charge on any atom is -0.298 e. The fraction of sp³-hybridized carbons (Fsp3) is 0.222. The lowest BCUT2D eigenvalue weighted by Gasteiger charge is -2.03. The van der Waals surface area contributed by atoms with Crippen LogP contribution in [0.5, 0.6) is 0 Å². The smallest absolute Gasteiger partial charge is 0.147 e. The van der Waals surface area contributed by atoms with Gasteiger partial charge in [-0.3, -0.25) is 4.79 Å². The van der Waals surface area contributed by atoms with Gasteiger partial charge in [-0.1, -0.05) is 28.1 Å². The minimum atomic E-state index is 0.179. The van der Waals surface area contributed by atoms with Crippen LogP contribution in [0.3, 0.4) is 0 Å². The van der Waals surface area contributed by atoms with Crippen molar-refractivity contribution in [2.24, 2.45) is 0 Å². The average molecular weight is 371 g/mol. The number of alkyl halides is 1. The van der Waals surface area contributed by atoms with E-state index in [2.05, 4.69) is 47.8 Å². The lowest BCUT2D eigenvalue weighted by atomic mass is 10.1. The van der Waals surface area contributed by atoms with Crippen molar-refractivity contribution in [2.75, 3.05) is 5.33 Å². The third-order valence-corrected chi connectivity index (χ3v) is 4.32. The maximum Gasteiger partial charge on any atom is 0.147 e. The van der Waals surface area contributed by atoms with Crippen molar-refractivity contribution in [1.82, 2.24) is 0 Å². The summed E-state index contributed by atoms with van der Waals surface area (Å²) in [6.07, 6.45) is 0.464. The van der Waals surface area contributed by atoms with Crippen LogP contribution in [0.4, 0.5) is 0 Å². The molecule has 0 radical (unpaired) electrons. The van der Waals surface area contributed by atoms with E-state index in [0.717, 1.165) is 14.5 Å². The zero-order chi connectivity index (χ0) is 9.84. The van der Waals surface area contributed by atoms with E-state index in [9.17, 15) is 4.79 Å². The van der Waals surface area contributed by atoms with Crippen molar-refractivity contribution in [2.45, 2.75) is 6.42 Å². The second-order valence-electron chi connectivity index (χ2n) is 2.56. The first-order valence-electron chi connectivity index (χ1n) is 3.65. The first-order chi connectivity index (χ1) is 6.15. The second kappa shape index (κ2) is 5.27. The van der Waals surface area contributed by atoms with Crippen LogP contribution < -0.4 is 0 Å². The van der Waals surface area contributed by atoms with E-state index in [0.29, 0.717) is 11.8 Å². The molecule has 0 spiro atoms. The number of rotatable bonds is 3. The molecule has 0 unspecified atom stereocenters. The van der Waals surface area contributed by atoms with E-state index in [1.807, 2.05) is 18.2 Å². The zero-order valence-electron chi connectivity index (χ0n) is 6.69. The molecule has 0 heterocycles. The molecule has 1 aromatic carbocycles. The highest BCUT2D eigenvalue weighted by atomic mass is 79.9. The molecule has 0 aliphatic heterocycles. The molecule has 1 aromatic rings. The van der Waals surface area contributed by atoms with Crippen LogP contribution in [0.2, 0.25) is 0 Å². The van der Waals surface area contributed by atoms with Crippen molar-refractivity contribution >= 4 is 53.6 Å². The molecular weight excluding hydrogens is 364 g/mol. The summed E-state index contributed by atoms with van der Waals surface area (Å²) in [6.45, 7) is 0. The molecule has 0 N–H and O–H groups in total. The fourth-order valence-electron chi connectivity index (χ4n) is 0.945. The van der Waals surface area contributed by atoms with Gasteiger partial charge in [-0.05, 0) is 43.5 Å². The number of hydrogen-bond acceptors (Lipinski definition) is 1. The van der Waals surface area contributed by atoms with E-state index in [1.165, 1.54) is 0 Å². The number of halogens is 3. The van der Waals surface area contributed by atoms with Crippen molar-refractivity contribution in [3.8, 4) is 0 Å². The van der Waals surface area contributed by atoms with Gasteiger partial charge in [0.15, 0.2) is 0 Å². The Balaban J connectivity index is 2.89. The van der Waals surface area contributed by atoms with Crippen molar-refractivity contribution < 1.29 is 4.79 Å². The van der Waals surface area contributed by atoms with Gasteiger partial charge >= 0.3 is 0 Å². The SMILES string of the molecule is O=C(CBr)Cc1cccc(Br)c1Br. The Hall–Kier alpha value is 0.330. The monoisotopic (exact) mass is 368 g/mol. The van der Waals surface area contributed by atoms with E-state index in [4.69, 9.17) is 0 Å². The van der Waals surface area contributed by atoms with Gasteiger partial charge in [-0.15, -0.1) is 0 Å². The molecule has 1 rings (SSSR count). The molecule has 0 aliphatic carbocycles. The number of benzene rings is 1. The van der Waals surface area contributed by atoms with Gasteiger partial charge in [-0.25, -0.2) is 0 Å². The van der Waals surface area contributed by atoms with Gasteiger partial charge in [0.2, 0.25) is 0 Å². The van der Waals surface area contributed by atoms with Gasteiger partial charge in [-0.2, -0.15) is 0 Å². The number of carbonyl (C=O) groups is 1. The summed E-state index contributed by atoms with van der Waals surface area (Å²) in [7, 11) is 0.